The minimum Gasteiger partial charge on any atom is -0.493 e. The van der Waals surface area contributed by atoms with Crippen molar-refractivity contribution in [2.45, 2.75) is 50.7 Å². The van der Waals surface area contributed by atoms with Crippen LogP contribution in [0.1, 0.15) is 36.8 Å². The summed E-state index contributed by atoms with van der Waals surface area (Å²) >= 11 is 6.48. The smallest absolute Gasteiger partial charge is 0.261 e. The molecule has 1 saturated carbocycles. The second-order valence-corrected chi connectivity index (χ2v) is 9.66. The molecule has 0 unspecified atom stereocenters. The number of nitrogens with zero attached hydrogens (tertiary/aromatic N) is 1. The van der Waals surface area contributed by atoms with E-state index in [2.05, 4.69) is 5.32 Å². The molecule has 1 N–H and O–H groups in total. The first-order chi connectivity index (χ1) is 18.0. The van der Waals surface area contributed by atoms with Gasteiger partial charge in [0.25, 0.3) is 5.91 Å². The molecule has 194 valence electrons. The van der Waals surface area contributed by atoms with Gasteiger partial charge in [0.1, 0.15) is 6.04 Å². The number of amides is 2. The quantitative estimate of drug-likeness (QED) is 0.366. The van der Waals surface area contributed by atoms with Gasteiger partial charge in [-0.1, -0.05) is 85.1 Å². The summed E-state index contributed by atoms with van der Waals surface area (Å²) < 4.78 is 11.2. The van der Waals surface area contributed by atoms with Crippen LogP contribution in [0.15, 0.2) is 78.9 Å². The van der Waals surface area contributed by atoms with Gasteiger partial charge in [0.05, 0.1) is 7.11 Å². The Morgan fingerprint density at radius 3 is 2.30 bits per heavy atom. The molecule has 3 aromatic rings. The maximum absolute atomic E-state index is 13.7. The van der Waals surface area contributed by atoms with Crippen LogP contribution >= 0.6 is 11.6 Å². The zero-order chi connectivity index (χ0) is 26.0. The number of hydrogen-bond acceptors (Lipinski definition) is 4. The number of ether oxygens (including phenoxy) is 2. The van der Waals surface area contributed by atoms with Crippen LogP contribution in [0.5, 0.6) is 11.5 Å². The van der Waals surface area contributed by atoms with Crippen LogP contribution in [0, 0.1) is 0 Å². The molecule has 0 aromatic heterocycles. The number of carbonyl (C=O) groups excluding carboxylic acids is 2. The van der Waals surface area contributed by atoms with Crippen molar-refractivity contribution < 1.29 is 19.1 Å². The number of rotatable bonds is 11. The van der Waals surface area contributed by atoms with Gasteiger partial charge in [-0.05, 0) is 42.2 Å². The molecule has 0 heterocycles. The van der Waals surface area contributed by atoms with E-state index >= 15 is 0 Å². The lowest BCUT2D eigenvalue weighted by Gasteiger charge is -2.32. The summed E-state index contributed by atoms with van der Waals surface area (Å²) in [5.74, 6) is 0.528. The van der Waals surface area contributed by atoms with Gasteiger partial charge in [-0.25, -0.2) is 0 Å². The van der Waals surface area contributed by atoms with Gasteiger partial charge in [-0.2, -0.15) is 0 Å². The highest BCUT2D eigenvalue weighted by atomic mass is 35.5. The third-order valence-electron chi connectivity index (χ3n) is 6.69. The first-order valence-corrected chi connectivity index (χ1v) is 13.1. The summed E-state index contributed by atoms with van der Waals surface area (Å²) in [5.41, 5.74) is 1.73. The minimum absolute atomic E-state index is 0.132. The number of para-hydroxylation sites is 2. The lowest BCUT2D eigenvalue weighted by molar-refractivity contribution is -0.143. The molecule has 0 spiro atoms. The van der Waals surface area contributed by atoms with Gasteiger partial charge in [0.2, 0.25) is 5.91 Å². The van der Waals surface area contributed by atoms with Crippen molar-refractivity contribution in [2.75, 3.05) is 13.7 Å². The zero-order valence-corrected chi connectivity index (χ0v) is 21.8. The second-order valence-electron chi connectivity index (χ2n) is 9.25. The van der Waals surface area contributed by atoms with E-state index in [-0.39, 0.29) is 31.0 Å². The van der Waals surface area contributed by atoms with Crippen molar-refractivity contribution in [1.82, 2.24) is 10.2 Å². The van der Waals surface area contributed by atoms with Gasteiger partial charge in [0.15, 0.2) is 18.1 Å². The molecule has 3 aromatic carbocycles. The van der Waals surface area contributed by atoms with Gasteiger partial charge >= 0.3 is 0 Å². The molecule has 1 fully saturated rings. The monoisotopic (exact) mass is 520 g/mol. The number of carbonyl (C=O) groups is 2. The standard InChI is InChI=1S/C30H33ClN2O4/c1-36-27-17-9-10-18-28(27)37-21-29(34)33(20-23-13-5-8-16-25(23)31)26(19-22-11-3-2-4-12-22)30(35)32-24-14-6-7-15-24/h2-5,8-13,16-18,24,26H,6-7,14-15,19-21H2,1H3,(H,32,35)/t26-/m1/s1. The second kappa shape index (κ2) is 13.2. The fourth-order valence-electron chi connectivity index (χ4n) is 4.69. The average Bonchev–Trinajstić information content (AvgIpc) is 3.44. The van der Waals surface area contributed by atoms with Crippen molar-refractivity contribution in [2.24, 2.45) is 0 Å². The Morgan fingerprint density at radius 1 is 0.946 bits per heavy atom. The fraction of sp³-hybridized carbons (Fsp3) is 0.333. The molecule has 0 saturated heterocycles. The number of halogens is 1. The SMILES string of the molecule is COc1ccccc1OCC(=O)N(Cc1ccccc1Cl)[C@H](Cc1ccccc1)C(=O)NC1CCCC1. The van der Waals surface area contributed by atoms with E-state index in [4.69, 9.17) is 21.1 Å². The Labute approximate surface area is 223 Å². The molecule has 0 bridgehead atoms. The van der Waals surface area contributed by atoms with Crippen LogP contribution in [0.4, 0.5) is 0 Å². The van der Waals surface area contributed by atoms with Gasteiger partial charge < -0.3 is 19.7 Å². The molecule has 0 aliphatic heterocycles. The Kier molecular flexibility index (Phi) is 9.44. The molecule has 37 heavy (non-hydrogen) atoms. The third kappa shape index (κ3) is 7.26. The number of benzene rings is 3. The van der Waals surface area contributed by atoms with Gasteiger partial charge in [-0.3, -0.25) is 9.59 Å². The number of nitrogens with one attached hydrogen (secondary N) is 1. The third-order valence-corrected chi connectivity index (χ3v) is 7.06. The summed E-state index contributed by atoms with van der Waals surface area (Å²) in [6.07, 6.45) is 4.50. The van der Waals surface area contributed by atoms with Crippen molar-refractivity contribution in [3.05, 3.63) is 95.0 Å². The predicted molar refractivity (Wildman–Crippen MR) is 145 cm³/mol. The fourth-order valence-corrected chi connectivity index (χ4v) is 4.89. The van der Waals surface area contributed by atoms with Crippen LogP contribution in [-0.4, -0.2) is 42.5 Å². The number of hydrogen-bond donors (Lipinski definition) is 1. The van der Waals surface area contributed by atoms with Crippen molar-refractivity contribution in [1.29, 1.82) is 0 Å². The number of methoxy groups -OCH3 is 1. The van der Waals surface area contributed by atoms with E-state index < -0.39 is 6.04 Å². The molecule has 1 atom stereocenters. The Morgan fingerprint density at radius 2 is 1.59 bits per heavy atom. The van der Waals surface area contributed by atoms with Crippen LogP contribution < -0.4 is 14.8 Å². The van der Waals surface area contributed by atoms with Gasteiger partial charge in [-0.15, -0.1) is 0 Å². The maximum atomic E-state index is 13.7. The molecule has 1 aliphatic carbocycles. The van der Waals surface area contributed by atoms with Gasteiger partial charge in [0, 0.05) is 24.0 Å². The molecule has 6 nitrogen and oxygen atoms in total. The van der Waals surface area contributed by atoms with E-state index in [1.807, 2.05) is 60.7 Å². The lowest BCUT2D eigenvalue weighted by Crippen LogP contribution is -2.53. The van der Waals surface area contributed by atoms with Crippen LogP contribution in [0.2, 0.25) is 5.02 Å². The van der Waals surface area contributed by atoms with E-state index in [9.17, 15) is 9.59 Å². The van der Waals surface area contributed by atoms with Crippen LogP contribution in [-0.2, 0) is 22.6 Å². The summed E-state index contributed by atoms with van der Waals surface area (Å²) in [5, 5.41) is 3.74. The van der Waals surface area contributed by atoms with Crippen molar-refractivity contribution in [3.8, 4) is 11.5 Å². The normalized spacial score (nSPS) is 14.1. The lowest BCUT2D eigenvalue weighted by atomic mass is 10.0. The van der Waals surface area contributed by atoms with Crippen molar-refractivity contribution in [3.63, 3.8) is 0 Å². The summed E-state index contributed by atoms with van der Waals surface area (Å²) in [6, 6.07) is 23.7. The van der Waals surface area contributed by atoms with E-state index in [1.165, 1.54) is 0 Å². The molecule has 0 radical (unpaired) electrons. The Hall–Kier alpha value is -3.51. The molecule has 7 heteroatoms. The summed E-state index contributed by atoms with van der Waals surface area (Å²) in [6.45, 7) is -0.0593. The Bertz CT molecular complexity index is 1180. The highest BCUT2D eigenvalue weighted by molar-refractivity contribution is 6.31. The molecule has 2 amide bonds. The first-order valence-electron chi connectivity index (χ1n) is 12.7. The highest BCUT2D eigenvalue weighted by Crippen LogP contribution is 2.27. The van der Waals surface area contributed by atoms with E-state index in [0.29, 0.717) is 22.9 Å². The predicted octanol–water partition coefficient (Wildman–Crippen LogP) is 5.43. The van der Waals surface area contributed by atoms with Crippen LogP contribution in [0.3, 0.4) is 0 Å². The van der Waals surface area contributed by atoms with Crippen molar-refractivity contribution >= 4 is 23.4 Å². The largest absolute Gasteiger partial charge is 0.493 e. The highest BCUT2D eigenvalue weighted by Gasteiger charge is 2.32. The first kappa shape index (κ1) is 26.6. The summed E-state index contributed by atoms with van der Waals surface area (Å²) in [7, 11) is 1.55. The topological polar surface area (TPSA) is 67.9 Å². The summed E-state index contributed by atoms with van der Waals surface area (Å²) in [4.78, 5) is 29.0. The average molecular weight is 521 g/mol. The Balaban J connectivity index is 1.63. The maximum Gasteiger partial charge on any atom is 0.261 e. The molecule has 1 aliphatic rings. The minimum atomic E-state index is -0.729. The zero-order valence-electron chi connectivity index (χ0n) is 21.1. The van der Waals surface area contributed by atoms with E-state index in [1.54, 1.807) is 30.2 Å². The van der Waals surface area contributed by atoms with Crippen LogP contribution in [0.25, 0.3) is 0 Å². The molecular formula is C30H33ClN2O4. The molecular weight excluding hydrogens is 488 g/mol. The van der Waals surface area contributed by atoms with E-state index in [0.717, 1.165) is 36.8 Å². The molecule has 4 rings (SSSR count).